The second kappa shape index (κ2) is 6.17. The Kier molecular flexibility index (Phi) is 3.88. The van der Waals surface area contributed by atoms with E-state index in [1.165, 1.54) is 60.1 Å². The van der Waals surface area contributed by atoms with Crippen LogP contribution < -0.4 is 0 Å². The van der Waals surface area contributed by atoms with Crippen molar-refractivity contribution in [3.63, 3.8) is 0 Å². The topological polar surface area (TPSA) is 31.9 Å². The van der Waals surface area contributed by atoms with Gasteiger partial charge in [0, 0.05) is 34.6 Å². The minimum absolute atomic E-state index is 0.314. The molecule has 23 heavy (non-hydrogen) atoms. The van der Waals surface area contributed by atoms with Crippen LogP contribution in [0.2, 0.25) is 0 Å². The van der Waals surface area contributed by atoms with E-state index in [0.29, 0.717) is 6.04 Å². The number of aromatic nitrogens is 2. The smallest absolute Gasteiger partial charge is 0.0626 e. The number of hydrogen-bond donors (Lipinski definition) is 1. The van der Waals surface area contributed by atoms with Crippen molar-refractivity contribution in [1.29, 1.82) is 0 Å². The first-order valence-corrected chi connectivity index (χ1v) is 8.56. The maximum atomic E-state index is 4.21. The third-order valence-electron chi connectivity index (χ3n) is 4.99. The van der Waals surface area contributed by atoms with Crippen molar-refractivity contribution in [2.75, 3.05) is 13.1 Å². The molecule has 3 heterocycles. The zero-order valence-electron chi connectivity index (χ0n) is 13.6. The maximum Gasteiger partial charge on any atom is 0.0626 e. The van der Waals surface area contributed by atoms with Crippen LogP contribution in [-0.2, 0) is 0 Å². The van der Waals surface area contributed by atoms with Gasteiger partial charge in [-0.15, -0.1) is 0 Å². The average Bonchev–Trinajstić information content (AvgIpc) is 2.94. The standard InChI is InChI=1S/C20H23N3/c1-15-19(17-7-3-4-8-18(17)22-15)20(16-9-11-21-12-10-16)23-13-5-2-6-14-23/h3-4,7-12,20,22H,2,5-6,13-14H2,1H3/t20-/m0/s1. The van der Waals surface area contributed by atoms with Gasteiger partial charge in [0.2, 0.25) is 0 Å². The Labute approximate surface area is 137 Å². The summed E-state index contributed by atoms with van der Waals surface area (Å²) in [4.78, 5) is 10.4. The van der Waals surface area contributed by atoms with Crippen LogP contribution in [0.4, 0.5) is 0 Å². The molecule has 3 nitrogen and oxygen atoms in total. The lowest BCUT2D eigenvalue weighted by Crippen LogP contribution is -2.34. The van der Waals surface area contributed by atoms with Gasteiger partial charge >= 0.3 is 0 Å². The van der Waals surface area contributed by atoms with Crippen molar-refractivity contribution in [3.8, 4) is 0 Å². The molecule has 2 aromatic heterocycles. The molecule has 1 atom stereocenters. The Morgan fingerprint density at radius 3 is 2.52 bits per heavy atom. The van der Waals surface area contributed by atoms with Crippen LogP contribution in [0.1, 0.15) is 42.1 Å². The molecule has 3 heteroatoms. The molecule has 0 saturated carbocycles. The Morgan fingerprint density at radius 2 is 1.74 bits per heavy atom. The van der Waals surface area contributed by atoms with Gasteiger partial charge in [-0.25, -0.2) is 0 Å². The molecule has 1 fully saturated rings. The molecule has 118 valence electrons. The van der Waals surface area contributed by atoms with Gasteiger partial charge in [-0.2, -0.15) is 0 Å². The molecule has 3 aromatic rings. The summed E-state index contributed by atoms with van der Waals surface area (Å²) < 4.78 is 0. The molecule has 1 saturated heterocycles. The van der Waals surface area contributed by atoms with Crippen molar-refractivity contribution in [2.24, 2.45) is 0 Å². The lowest BCUT2D eigenvalue weighted by Gasteiger charge is -2.35. The minimum Gasteiger partial charge on any atom is -0.358 e. The normalized spacial score (nSPS) is 17.4. The molecule has 1 aliphatic heterocycles. The number of piperidine rings is 1. The average molecular weight is 305 g/mol. The van der Waals surface area contributed by atoms with Crippen molar-refractivity contribution in [3.05, 3.63) is 65.6 Å². The molecule has 0 bridgehead atoms. The summed E-state index contributed by atoms with van der Waals surface area (Å²) in [6.07, 6.45) is 7.77. The van der Waals surface area contributed by atoms with E-state index < -0.39 is 0 Å². The number of benzene rings is 1. The number of fused-ring (bicyclic) bond motifs is 1. The van der Waals surface area contributed by atoms with Gasteiger partial charge in [0.1, 0.15) is 0 Å². The number of likely N-dealkylation sites (tertiary alicyclic amines) is 1. The lowest BCUT2D eigenvalue weighted by atomic mass is 9.93. The minimum atomic E-state index is 0.314. The van der Waals surface area contributed by atoms with Gasteiger partial charge < -0.3 is 4.98 Å². The highest BCUT2D eigenvalue weighted by Gasteiger charge is 2.27. The van der Waals surface area contributed by atoms with E-state index in [4.69, 9.17) is 0 Å². The van der Waals surface area contributed by atoms with E-state index in [0.717, 1.165) is 0 Å². The van der Waals surface area contributed by atoms with Crippen molar-refractivity contribution in [2.45, 2.75) is 32.2 Å². The third kappa shape index (κ3) is 2.66. The van der Waals surface area contributed by atoms with Crippen LogP contribution in [0.15, 0.2) is 48.8 Å². The summed E-state index contributed by atoms with van der Waals surface area (Å²) >= 11 is 0. The van der Waals surface area contributed by atoms with Crippen LogP contribution >= 0.6 is 0 Å². The number of H-pyrrole nitrogens is 1. The predicted octanol–water partition coefficient (Wildman–Crippen LogP) is 4.45. The summed E-state index contributed by atoms with van der Waals surface area (Å²) in [5, 5.41) is 1.34. The fraction of sp³-hybridized carbons (Fsp3) is 0.350. The van der Waals surface area contributed by atoms with Crippen molar-refractivity contribution < 1.29 is 0 Å². The molecular weight excluding hydrogens is 282 g/mol. The Hall–Kier alpha value is -2.13. The Bertz CT molecular complexity index is 785. The zero-order chi connectivity index (χ0) is 15.6. The van der Waals surface area contributed by atoms with E-state index in [2.05, 4.69) is 58.2 Å². The fourth-order valence-corrected chi connectivity index (χ4v) is 3.93. The first-order valence-electron chi connectivity index (χ1n) is 8.56. The van der Waals surface area contributed by atoms with Crippen LogP contribution in [0.3, 0.4) is 0 Å². The summed E-state index contributed by atoms with van der Waals surface area (Å²) in [7, 11) is 0. The van der Waals surface area contributed by atoms with Crippen LogP contribution in [-0.4, -0.2) is 28.0 Å². The van der Waals surface area contributed by atoms with Gasteiger partial charge in [-0.3, -0.25) is 9.88 Å². The molecule has 0 radical (unpaired) electrons. The first-order chi connectivity index (χ1) is 11.3. The number of aryl methyl sites for hydroxylation is 1. The van der Waals surface area contributed by atoms with E-state index in [1.807, 2.05) is 12.4 Å². The van der Waals surface area contributed by atoms with Crippen molar-refractivity contribution in [1.82, 2.24) is 14.9 Å². The number of para-hydroxylation sites is 1. The van der Waals surface area contributed by atoms with Gasteiger partial charge in [0.25, 0.3) is 0 Å². The largest absolute Gasteiger partial charge is 0.358 e. The summed E-state index contributed by atoms with van der Waals surface area (Å²) in [5.74, 6) is 0. The second-order valence-electron chi connectivity index (χ2n) is 6.49. The quantitative estimate of drug-likeness (QED) is 0.775. The van der Waals surface area contributed by atoms with Crippen LogP contribution in [0.5, 0.6) is 0 Å². The summed E-state index contributed by atoms with van der Waals surface area (Å²) in [5.41, 5.74) is 5.28. The maximum absolute atomic E-state index is 4.21. The van der Waals surface area contributed by atoms with E-state index in [1.54, 1.807) is 0 Å². The molecule has 0 spiro atoms. The molecule has 1 aromatic carbocycles. The van der Waals surface area contributed by atoms with Crippen LogP contribution in [0.25, 0.3) is 10.9 Å². The SMILES string of the molecule is Cc1[nH]c2ccccc2c1[C@H](c1ccncc1)N1CCCCC1. The van der Waals surface area contributed by atoms with Gasteiger partial charge in [-0.1, -0.05) is 24.6 Å². The number of nitrogens with one attached hydrogen (secondary N) is 1. The predicted molar refractivity (Wildman–Crippen MR) is 94.5 cm³/mol. The molecule has 0 aliphatic carbocycles. The zero-order valence-corrected chi connectivity index (χ0v) is 13.6. The number of hydrogen-bond acceptors (Lipinski definition) is 2. The molecule has 0 unspecified atom stereocenters. The highest BCUT2D eigenvalue weighted by molar-refractivity contribution is 5.85. The lowest BCUT2D eigenvalue weighted by molar-refractivity contribution is 0.187. The molecular formula is C20H23N3. The number of nitrogens with zero attached hydrogens (tertiary/aromatic N) is 2. The highest BCUT2D eigenvalue weighted by Crippen LogP contribution is 2.37. The molecule has 1 N–H and O–H groups in total. The molecule has 1 aliphatic rings. The third-order valence-corrected chi connectivity index (χ3v) is 4.99. The summed E-state index contributed by atoms with van der Waals surface area (Å²) in [6, 6.07) is 13.3. The van der Waals surface area contributed by atoms with Gasteiger partial charge in [-0.05, 0) is 56.6 Å². The van der Waals surface area contributed by atoms with E-state index >= 15 is 0 Å². The van der Waals surface area contributed by atoms with Crippen molar-refractivity contribution >= 4 is 10.9 Å². The Morgan fingerprint density at radius 1 is 1.00 bits per heavy atom. The number of pyridine rings is 1. The van der Waals surface area contributed by atoms with Gasteiger partial charge in [0.05, 0.1) is 6.04 Å². The molecule has 0 amide bonds. The fourth-order valence-electron chi connectivity index (χ4n) is 3.93. The van der Waals surface area contributed by atoms with Crippen LogP contribution in [0, 0.1) is 6.92 Å². The number of aromatic amines is 1. The van der Waals surface area contributed by atoms with E-state index in [9.17, 15) is 0 Å². The summed E-state index contributed by atoms with van der Waals surface area (Å²) in [6.45, 7) is 4.55. The van der Waals surface area contributed by atoms with Gasteiger partial charge in [0.15, 0.2) is 0 Å². The second-order valence-corrected chi connectivity index (χ2v) is 6.49. The monoisotopic (exact) mass is 305 g/mol. The van der Waals surface area contributed by atoms with E-state index in [-0.39, 0.29) is 0 Å². The number of rotatable bonds is 3. The Balaban J connectivity index is 1.88. The molecule has 4 rings (SSSR count). The highest BCUT2D eigenvalue weighted by atomic mass is 15.2. The first kappa shape index (κ1) is 14.5.